The molecule has 3 nitrogen and oxygen atoms in total. The van der Waals surface area contributed by atoms with Gasteiger partial charge in [0.05, 0.1) is 6.10 Å². The predicted molar refractivity (Wildman–Crippen MR) is 76.2 cm³/mol. The Balaban J connectivity index is 1.88. The first-order valence-corrected chi connectivity index (χ1v) is 7.10. The molecule has 1 saturated carbocycles. The molecule has 2 unspecified atom stereocenters. The Labute approximate surface area is 115 Å². The standard InChI is InChI=1S/C16H23NO2/c1-11-6-7-14(8-12(11)2)16(19)17-10-13-4-3-5-15(18)9-13/h6-8,13,15,18H,3-5,9-10H2,1-2H3,(H,17,19). The molecule has 0 aromatic heterocycles. The van der Waals surface area contributed by atoms with Crippen LogP contribution in [0.15, 0.2) is 18.2 Å². The van der Waals surface area contributed by atoms with Crippen LogP contribution in [-0.2, 0) is 0 Å². The number of amides is 1. The van der Waals surface area contributed by atoms with E-state index in [1.165, 1.54) is 5.56 Å². The maximum absolute atomic E-state index is 12.1. The van der Waals surface area contributed by atoms with E-state index in [-0.39, 0.29) is 12.0 Å². The van der Waals surface area contributed by atoms with Crippen molar-refractivity contribution in [3.05, 3.63) is 34.9 Å². The molecule has 104 valence electrons. The fraction of sp³-hybridized carbons (Fsp3) is 0.562. The van der Waals surface area contributed by atoms with Crippen LogP contribution < -0.4 is 5.32 Å². The lowest BCUT2D eigenvalue weighted by Crippen LogP contribution is -2.33. The molecule has 0 heterocycles. The lowest BCUT2D eigenvalue weighted by molar-refractivity contribution is 0.0874. The number of aryl methyl sites for hydroxylation is 2. The maximum Gasteiger partial charge on any atom is 0.251 e. The number of carbonyl (C=O) groups excluding carboxylic acids is 1. The van der Waals surface area contributed by atoms with Gasteiger partial charge < -0.3 is 10.4 Å². The summed E-state index contributed by atoms with van der Waals surface area (Å²) < 4.78 is 0. The number of aliphatic hydroxyl groups excluding tert-OH is 1. The summed E-state index contributed by atoms with van der Waals surface area (Å²) in [7, 11) is 0. The Morgan fingerprint density at radius 3 is 2.79 bits per heavy atom. The molecule has 1 amide bonds. The van der Waals surface area contributed by atoms with Crippen LogP contribution in [0.4, 0.5) is 0 Å². The summed E-state index contributed by atoms with van der Waals surface area (Å²) >= 11 is 0. The number of carbonyl (C=O) groups is 1. The highest BCUT2D eigenvalue weighted by Gasteiger charge is 2.20. The van der Waals surface area contributed by atoms with Gasteiger partial charge in [-0.1, -0.05) is 12.5 Å². The van der Waals surface area contributed by atoms with Gasteiger partial charge in [0.15, 0.2) is 0 Å². The summed E-state index contributed by atoms with van der Waals surface area (Å²) in [4.78, 5) is 12.1. The average Bonchev–Trinajstić information content (AvgIpc) is 2.39. The van der Waals surface area contributed by atoms with E-state index in [9.17, 15) is 9.90 Å². The van der Waals surface area contributed by atoms with Crippen LogP contribution in [0, 0.1) is 19.8 Å². The summed E-state index contributed by atoms with van der Waals surface area (Å²) in [6, 6.07) is 5.78. The Morgan fingerprint density at radius 2 is 2.11 bits per heavy atom. The largest absolute Gasteiger partial charge is 0.393 e. The zero-order valence-electron chi connectivity index (χ0n) is 11.8. The van der Waals surface area contributed by atoms with Crippen LogP contribution >= 0.6 is 0 Å². The van der Waals surface area contributed by atoms with Crippen molar-refractivity contribution in [3.63, 3.8) is 0 Å². The predicted octanol–water partition coefficient (Wildman–Crippen LogP) is 2.58. The van der Waals surface area contributed by atoms with E-state index >= 15 is 0 Å². The summed E-state index contributed by atoms with van der Waals surface area (Å²) in [6.45, 7) is 4.73. The van der Waals surface area contributed by atoms with Crippen LogP contribution in [0.3, 0.4) is 0 Å². The van der Waals surface area contributed by atoms with E-state index in [2.05, 4.69) is 5.32 Å². The molecule has 2 rings (SSSR count). The number of benzene rings is 1. The van der Waals surface area contributed by atoms with Crippen molar-refractivity contribution in [1.29, 1.82) is 0 Å². The molecule has 0 saturated heterocycles. The van der Waals surface area contributed by atoms with Gasteiger partial charge in [0, 0.05) is 12.1 Å². The first-order valence-electron chi connectivity index (χ1n) is 7.10. The molecular formula is C16H23NO2. The number of hydrogen-bond donors (Lipinski definition) is 2. The van der Waals surface area contributed by atoms with Gasteiger partial charge in [-0.25, -0.2) is 0 Å². The molecular weight excluding hydrogens is 238 g/mol. The van der Waals surface area contributed by atoms with Crippen molar-refractivity contribution in [2.45, 2.75) is 45.6 Å². The monoisotopic (exact) mass is 261 g/mol. The van der Waals surface area contributed by atoms with Gasteiger partial charge in [-0.3, -0.25) is 4.79 Å². The third-order valence-electron chi connectivity index (χ3n) is 4.08. The smallest absolute Gasteiger partial charge is 0.251 e. The molecule has 3 heteroatoms. The minimum atomic E-state index is -0.183. The van der Waals surface area contributed by atoms with E-state index in [4.69, 9.17) is 0 Å². The molecule has 1 aliphatic rings. The van der Waals surface area contributed by atoms with Gasteiger partial charge in [0.2, 0.25) is 0 Å². The molecule has 2 N–H and O–H groups in total. The SMILES string of the molecule is Cc1ccc(C(=O)NCC2CCCC(O)C2)cc1C. The molecule has 1 aromatic rings. The van der Waals surface area contributed by atoms with Crippen molar-refractivity contribution in [2.24, 2.45) is 5.92 Å². The second-order valence-electron chi connectivity index (χ2n) is 5.70. The van der Waals surface area contributed by atoms with Gasteiger partial charge >= 0.3 is 0 Å². The lowest BCUT2D eigenvalue weighted by Gasteiger charge is -2.25. The quantitative estimate of drug-likeness (QED) is 0.878. The second-order valence-corrected chi connectivity index (χ2v) is 5.70. The highest BCUT2D eigenvalue weighted by atomic mass is 16.3. The lowest BCUT2D eigenvalue weighted by atomic mass is 9.87. The third-order valence-corrected chi connectivity index (χ3v) is 4.08. The Hall–Kier alpha value is -1.35. The highest BCUT2D eigenvalue weighted by molar-refractivity contribution is 5.94. The van der Waals surface area contributed by atoms with Gasteiger partial charge in [-0.05, 0) is 62.3 Å². The summed E-state index contributed by atoms with van der Waals surface area (Å²) in [5.41, 5.74) is 3.06. The summed E-state index contributed by atoms with van der Waals surface area (Å²) in [5.74, 6) is 0.405. The molecule has 0 radical (unpaired) electrons. The van der Waals surface area contributed by atoms with Crippen LogP contribution in [0.1, 0.15) is 47.2 Å². The van der Waals surface area contributed by atoms with Gasteiger partial charge in [-0.15, -0.1) is 0 Å². The number of nitrogens with one attached hydrogen (secondary N) is 1. The van der Waals surface area contributed by atoms with E-state index < -0.39 is 0 Å². The van der Waals surface area contributed by atoms with Crippen LogP contribution in [0.25, 0.3) is 0 Å². The Morgan fingerprint density at radius 1 is 1.32 bits per heavy atom. The van der Waals surface area contributed by atoms with Gasteiger partial charge in [0.1, 0.15) is 0 Å². The van der Waals surface area contributed by atoms with Crippen molar-refractivity contribution in [1.82, 2.24) is 5.32 Å². The van der Waals surface area contributed by atoms with Crippen molar-refractivity contribution >= 4 is 5.91 Å². The molecule has 19 heavy (non-hydrogen) atoms. The van der Waals surface area contributed by atoms with Crippen LogP contribution in [0.2, 0.25) is 0 Å². The second kappa shape index (κ2) is 6.20. The van der Waals surface area contributed by atoms with Crippen LogP contribution in [-0.4, -0.2) is 23.7 Å². The molecule has 2 atom stereocenters. The first-order chi connectivity index (χ1) is 9.06. The number of hydrogen-bond acceptors (Lipinski definition) is 2. The summed E-state index contributed by atoms with van der Waals surface area (Å²) in [5, 5.41) is 12.6. The fourth-order valence-corrected chi connectivity index (χ4v) is 2.67. The maximum atomic E-state index is 12.1. The van der Waals surface area contributed by atoms with E-state index in [1.807, 2.05) is 32.0 Å². The molecule has 0 aliphatic heterocycles. The average molecular weight is 261 g/mol. The molecule has 1 aromatic carbocycles. The molecule has 1 fully saturated rings. The summed E-state index contributed by atoms with van der Waals surface area (Å²) in [6.07, 6.45) is 3.70. The fourth-order valence-electron chi connectivity index (χ4n) is 2.67. The zero-order valence-corrected chi connectivity index (χ0v) is 11.8. The van der Waals surface area contributed by atoms with E-state index in [0.717, 1.165) is 36.8 Å². The minimum Gasteiger partial charge on any atom is -0.393 e. The molecule has 1 aliphatic carbocycles. The molecule has 0 bridgehead atoms. The zero-order chi connectivity index (χ0) is 13.8. The van der Waals surface area contributed by atoms with Crippen molar-refractivity contribution < 1.29 is 9.90 Å². The Bertz CT molecular complexity index is 456. The van der Waals surface area contributed by atoms with E-state index in [0.29, 0.717) is 12.5 Å². The topological polar surface area (TPSA) is 49.3 Å². The highest BCUT2D eigenvalue weighted by Crippen LogP contribution is 2.23. The first kappa shape index (κ1) is 14.1. The normalized spacial score (nSPS) is 23.1. The number of aliphatic hydroxyl groups is 1. The van der Waals surface area contributed by atoms with Crippen LogP contribution in [0.5, 0.6) is 0 Å². The van der Waals surface area contributed by atoms with Crippen molar-refractivity contribution in [2.75, 3.05) is 6.54 Å². The Kier molecular flexibility index (Phi) is 4.59. The minimum absolute atomic E-state index is 0.0110. The molecule has 0 spiro atoms. The van der Waals surface area contributed by atoms with Gasteiger partial charge in [-0.2, -0.15) is 0 Å². The third kappa shape index (κ3) is 3.80. The van der Waals surface area contributed by atoms with E-state index in [1.54, 1.807) is 0 Å². The van der Waals surface area contributed by atoms with Crippen molar-refractivity contribution in [3.8, 4) is 0 Å². The van der Waals surface area contributed by atoms with Gasteiger partial charge in [0.25, 0.3) is 5.91 Å². The number of rotatable bonds is 3.